The smallest absolute Gasteiger partial charge is 0.181 e. The number of benzene rings is 1. The number of allylic oxidation sites excluding steroid dienone is 8. The van der Waals surface area contributed by atoms with Crippen LogP contribution in [0.15, 0.2) is 72.4 Å². The molecule has 0 aliphatic heterocycles. The third-order valence-corrected chi connectivity index (χ3v) is 5.74. The Hall–Kier alpha value is -2.39. The van der Waals surface area contributed by atoms with Crippen LogP contribution >= 0.6 is 0 Å². The lowest BCUT2D eigenvalue weighted by atomic mass is 9.94. The average molecular weight is 437 g/mol. The Kier molecular flexibility index (Phi) is 12.5. The highest BCUT2D eigenvalue weighted by molar-refractivity contribution is 6.07. The molecular weight excluding hydrogens is 396 g/mol. The van der Waals surface area contributed by atoms with Crippen LogP contribution in [0.5, 0.6) is 5.75 Å². The molecule has 32 heavy (non-hydrogen) atoms. The van der Waals surface area contributed by atoms with Crippen molar-refractivity contribution in [1.29, 1.82) is 0 Å². The first-order valence-corrected chi connectivity index (χ1v) is 12.1. The van der Waals surface area contributed by atoms with Crippen LogP contribution in [0.3, 0.4) is 0 Å². The summed E-state index contributed by atoms with van der Waals surface area (Å²) >= 11 is 0. The van der Waals surface area contributed by atoms with Crippen molar-refractivity contribution in [3.8, 4) is 5.75 Å². The van der Waals surface area contributed by atoms with Gasteiger partial charge in [-0.1, -0.05) is 62.4 Å². The summed E-state index contributed by atoms with van der Waals surface area (Å²) < 4.78 is 10.9. The lowest BCUT2D eigenvalue weighted by molar-refractivity contribution is -0.111. The SMILES string of the molecule is CC/C=C\C[C@H](C)C/C=C1/C(=O)C=C[C@@H]1C/C=C\CCCCOCc1ccc(OC)cc1. The molecule has 0 bridgehead atoms. The van der Waals surface area contributed by atoms with Crippen LogP contribution in [-0.4, -0.2) is 19.5 Å². The fraction of sp³-hybridized carbons (Fsp3) is 0.483. The van der Waals surface area contributed by atoms with Gasteiger partial charge in [-0.15, -0.1) is 0 Å². The number of ether oxygens (including phenoxy) is 2. The molecule has 3 heteroatoms. The van der Waals surface area contributed by atoms with Crippen LogP contribution in [0.2, 0.25) is 0 Å². The number of unbranched alkanes of at least 4 members (excludes halogenated alkanes) is 2. The summed E-state index contributed by atoms with van der Waals surface area (Å²) in [7, 11) is 1.68. The summed E-state index contributed by atoms with van der Waals surface area (Å²) in [5.41, 5.74) is 2.15. The molecule has 0 fully saturated rings. The Labute approximate surface area is 194 Å². The minimum atomic E-state index is 0.189. The Morgan fingerprint density at radius 2 is 1.84 bits per heavy atom. The number of carbonyl (C=O) groups excluding carboxylic acids is 1. The summed E-state index contributed by atoms with van der Waals surface area (Å²) in [4.78, 5) is 12.2. The Bertz CT molecular complexity index is 783. The second-order valence-electron chi connectivity index (χ2n) is 8.55. The number of rotatable bonds is 15. The van der Waals surface area contributed by atoms with E-state index >= 15 is 0 Å². The van der Waals surface area contributed by atoms with E-state index in [1.165, 1.54) is 5.56 Å². The number of hydrogen-bond donors (Lipinski definition) is 0. The quantitative estimate of drug-likeness (QED) is 0.163. The van der Waals surface area contributed by atoms with E-state index in [0.717, 1.165) is 62.9 Å². The van der Waals surface area contributed by atoms with Crippen LogP contribution < -0.4 is 4.74 Å². The van der Waals surface area contributed by atoms with Gasteiger partial charge >= 0.3 is 0 Å². The Morgan fingerprint density at radius 3 is 2.59 bits per heavy atom. The second kappa shape index (κ2) is 15.4. The molecule has 0 aromatic heterocycles. The standard InChI is InChI=1S/C29H40O3/c1-4-5-9-12-24(2)14-20-28-26(17-21-29(28)30)13-10-7-6-8-11-22-32-23-25-15-18-27(31-3)19-16-25/h5,7,9-10,15-21,24,26H,4,6,8,11-14,22-23H2,1-3H3/b9-5-,10-7-,28-20+/t24-,26-/m0/s1. The lowest BCUT2D eigenvalue weighted by Gasteiger charge is -2.10. The molecule has 2 atom stereocenters. The molecule has 0 amide bonds. The van der Waals surface area contributed by atoms with Gasteiger partial charge in [0.15, 0.2) is 5.78 Å². The maximum atomic E-state index is 12.2. The van der Waals surface area contributed by atoms with Gasteiger partial charge in [-0.25, -0.2) is 0 Å². The second-order valence-corrected chi connectivity index (χ2v) is 8.55. The first kappa shape index (κ1) is 25.9. The van der Waals surface area contributed by atoms with Crippen LogP contribution in [0.4, 0.5) is 0 Å². The van der Waals surface area contributed by atoms with Crippen molar-refractivity contribution < 1.29 is 14.3 Å². The van der Waals surface area contributed by atoms with Gasteiger partial charge in [-0.05, 0) is 74.6 Å². The number of hydrogen-bond acceptors (Lipinski definition) is 3. The number of methoxy groups -OCH3 is 1. The van der Waals surface area contributed by atoms with Gasteiger partial charge in [-0.3, -0.25) is 4.79 Å². The van der Waals surface area contributed by atoms with Crippen molar-refractivity contribution in [3.05, 3.63) is 77.9 Å². The Morgan fingerprint density at radius 1 is 1.03 bits per heavy atom. The zero-order chi connectivity index (χ0) is 23.0. The van der Waals surface area contributed by atoms with Gasteiger partial charge in [0.2, 0.25) is 0 Å². The molecule has 1 aromatic carbocycles. The third-order valence-electron chi connectivity index (χ3n) is 5.74. The number of carbonyl (C=O) groups is 1. The molecule has 0 radical (unpaired) electrons. The first-order valence-electron chi connectivity index (χ1n) is 12.1. The molecule has 0 unspecified atom stereocenters. The van der Waals surface area contributed by atoms with Gasteiger partial charge in [0.1, 0.15) is 5.75 Å². The third kappa shape index (κ3) is 9.82. The highest BCUT2D eigenvalue weighted by atomic mass is 16.5. The van der Waals surface area contributed by atoms with Gasteiger partial charge < -0.3 is 9.47 Å². The monoisotopic (exact) mass is 436 g/mol. The van der Waals surface area contributed by atoms with E-state index in [0.29, 0.717) is 12.5 Å². The maximum Gasteiger partial charge on any atom is 0.181 e. The zero-order valence-corrected chi connectivity index (χ0v) is 20.1. The number of ketones is 1. The minimum absolute atomic E-state index is 0.189. The summed E-state index contributed by atoms with van der Waals surface area (Å²) in [5.74, 6) is 1.87. The normalized spacial score (nSPS) is 18.4. The predicted octanol–water partition coefficient (Wildman–Crippen LogP) is 7.39. The summed E-state index contributed by atoms with van der Waals surface area (Å²) in [6.07, 6.45) is 22.2. The van der Waals surface area contributed by atoms with Crippen molar-refractivity contribution in [1.82, 2.24) is 0 Å². The molecule has 1 aliphatic carbocycles. The fourth-order valence-electron chi connectivity index (χ4n) is 3.70. The minimum Gasteiger partial charge on any atom is -0.497 e. The Balaban J connectivity index is 1.60. The van der Waals surface area contributed by atoms with Gasteiger partial charge in [-0.2, -0.15) is 0 Å². The zero-order valence-electron chi connectivity index (χ0n) is 20.1. The van der Waals surface area contributed by atoms with E-state index in [9.17, 15) is 4.79 Å². The van der Waals surface area contributed by atoms with Gasteiger partial charge in [0.25, 0.3) is 0 Å². The molecule has 1 aromatic rings. The molecule has 0 saturated heterocycles. The maximum absolute atomic E-state index is 12.2. The van der Waals surface area contributed by atoms with Crippen LogP contribution in [0.25, 0.3) is 0 Å². The first-order chi connectivity index (χ1) is 15.6. The molecule has 2 rings (SSSR count). The van der Waals surface area contributed by atoms with E-state index < -0.39 is 0 Å². The largest absolute Gasteiger partial charge is 0.497 e. The molecule has 3 nitrogen and oxygen atoms in total. The van der Waals surface area contributed by atoms with Crippen molar-refractivity contribution in [2.75, 3.05) is 13.7 Å². The summed E-state index contributed by atoms with van der Waals surface area (Å²) in [6, 6.07) is 8.00. The topological polar surface area (TPSA) is 35.5 Å². The molecule has 0 saturated carbocycles. The van der Waals surface area contributed by atoms with E-state index in [4.69, 9.17) is 9.47 Å². The van der Waals surface area contributed by atoms with E-state index in [-0.39, 0.29) is 11.7 Å². The highest BCUT2D eigenvalue weighted by Gasteiger charge is 2.21. The lowest BCUT2D eigenvalue weighted by Crippen LogP contribution is -2.03. The molecular formula is C29H40O3. The molecule has 0 spiro atoms. The van der Waals surface area contributed by atoms with E-state index in [1.807, 2.05) is 24.3 Å². The van der Waals surface area contributed by atoms with Crippen LogP contribution in [0, 0.1) is 11.8 Å². The molecule has 1 aliphatic rings. The average Bonchev–Trinajstić information content (AvgIpc) is 3.16. The van der Waals surface area contributed by atoms with E-state index in [2.05, 4.69) is 50.3 Å². The highest BCUT2D eigenvalue weighted by Crippen LogP contribution is 2.27. The van der Waals surface area contributed by atoms with Crippen molar-refractivity contribution in [2.45, 2.75) is 65.4 Å². The van der Waals surface area contributed by atoms with Crippen molar-refractivity contribution in [2.24, 2.45) is 11.8 Å². The van der Waals surface area contributed by atoms with Gasteiger partial charge in [0.05, 0.1) is 13.7 Å². The van der Waals surface area contributed by atoms with Crippen molar-refractivity contribution in [3.63, 3.8) is 0 Å². The van der Waals surface area contributed by atoms with Crippen LogP contribution in [0.1, 0.15) is 64.4 Å². The van der Waals surface area contributed by atoms with Crippen LogP contribution in [-0.2, 0) is 16.1 Å². The summed E-state index contributed by atoms with van der Waals surface area (Å²) in [5, 5.41) is 0. The van der Waals surface area contributed by atoms with Crippen molar-refractivity contribution >= 4 is 5.78 Å². The van der Waals surface area contributed by atoms with E-state index in [1.54, 1.807) is 13.2 Å². The summed E-state index contributed by atoms with van der Waals surface area (Å²) in [6.45, 7) is 5.82. The molecule has 174 valence electrons. The molecule has 0 N–H and O–H groups in total. The fourth-order valence-corrected chi connectivity index (χ4v) is 3.70. The molecule has 0 heterocycles. The van der Waals surface area contributed by atoms with Gasteiger partial charge in [0, 0.05) is 18.1 Å². The predicted molar refractivity (Wildman–Crippen MR) is 134 cm³/mol.